The van der Waals surface area contributed by atoms with Crippen LogP contribution in [0.1, 0.15) is 30.0 Å². The van der Waals surface area contributed by atoms with Crippen molar-refractivity contribution in [1.29, 1.82) is 0 Å². The van der Waals surface area contributed by atoms with E-state index in [0.717, 1.165) is 0 Å². The number of ether oxygens (including phenoxy) is 1. The number of hydrogen-bond acceptors (Lipinski definition) is 3. The van der Waals surface area contributed by atoms with Gasteiger partial charge in [0.05, 0.1) is 24.9 Å². The summed E-state index contributed by atoms with van der Waals surface area (Å²) < 4.78 is 40.4. The predicted molar refractivity (Wildman–Crippen MR) is 54.3 cm³/mol. The molecule has 0 bridgehead atoms. The first-order valence-corrected chi connectivity index (χ1v) is 5.15. The molecular weight excluding hydrogens is 237 g/mol. The van der Waals surface area contributed by atoms with Gasteiger partial charge in [0.25, 0.3) is 0 Å². The van der Waals surface area contributed by atoms with Crippen LogP contribution in [0.25, 0.3) is 0 Å². The molecule has 1 aromatic heterocycles. The van der Waals surface area contributed by atoms with Crippen molar-refractivity contribution >= 4 is 0 Å². The van der Waals surface area contributed by atoms with E-state index in [1.807, 2.05) is 0 Å². The van der Waals surface area contributed by atoms with Gasteiger partial charge in [-0.2, -0.15) is 5.10 Å². The third-order valence-electron chi connectivity index (χ3n) is 2.42. The van der Waals surface area contributed by atoms with Crippen LogP contribution < -0.4 is 0 Å². The van der Waals surface area contributed by atoms with Crippen molar-refractivity contribution in [3.05, 3.63) is 17.0 Å². The lowest BCUT2D eigenvalue weighted by Gasteiger charge is -2.09. The number of aryl methyl sites for hydroxylation is 1. The summed E-state index contributed by atoms with van der Waals surface area (Å²) in [6.45, 7) is 4.50. The second-order valence-corrected chi connectivity index (χ2v) is 3.78. The maximum Gasteiger partial charge on any atom is 0.522 e. The van der Waals surface area contributed by atoms with Gasteiger partial charge in [0, 0.05) is 11.3 Å². The Morgan fingerprint density at radius 3 is 2.41 bits per heavy atom. The Labute approximate surface area is 97.0 Å². The van der Waals surface area contributed by atoms with Crippen LogP contribution in [0.4, 0.5) is 13.2 Å². The molecule has 4 nitrogen and oxygen atoms in total. The van der Waals surface area contributed by atoms with Crippen molar-refractivity contribution < 1.29 is 23.0 Å². The fourth-order valence-electron chi connectivity index (χ4n) is 1.78. The molecule has 1 rings (SSSR count). The van der Waals surface area contributed by atoms with Gasteiger partial charge in [0.15, 0.2) is 0 Å². The van der Waals surface area contributed by atoms with E-state index in [1.165, 1.54) is 4.68 Å². The lowest BCUT2D eigenvalue weighted by molar-refractivity contribution is -0.325. The highest BCUT2D eigenvalue weighted by Crippen LogP contribution is 2.21. The summed E-state index contributed by atoms with van der Waals surface area (Å²) >= 11 is 0. The van der Waals surface area contributed by atoms with Crippen molar-refractivity contribution in [2.24, 2.45) is 0 Å². The first kappa shape index (κ1) is 14.0. The van der Waals surface area contributed by atoms with Gasteiger partial charge in [-0.1, -0.05) is 0 Å². The Balaban J connectivity index is 2.70. The fourth-order valence-corrected chi connectivity index (χ4v) is 1.78. The minimum atomic E-state index is -4.62. The molecule has 0 fully saturated rings. The lowest BCUT2D eigenvalue weighted by Crippen LogP contribution is -2.18. The van der Waals surface area contributed by atoms with Crippen LogP contribution in [0, 0.1) is 13.8 Å². The van der Waals surface area contributed by atoms with E-state index in [1.54, 1.807) is 20.8 Å². The van der Waals surface area contributed by atoms with Crippen LogP contribution >= 0.6 is 0 Å². The van der Waals surface area contributed by atoms with Crippen LogP contribution in [0.15, 0.2) is 0 Å². The third kappa shape index (κ3) is 3.71. The SMILES string of the molecule is Cc1nn(CCOC(F)(F)F)c(C)c1C(C)O. The summed E-state index contributed by atoms with van der Waals surface area (Å²) in [7, 11) is 0. The van der Waals surface area contributed by atoms with Gasteiger partial charge in [-0.25, -0.2) is 0 Å². The number of halogens is 3. The molecule has 0 aliphatic carbocycles. The van der Waals surface area contributed by atoms with E-state index in [-0.39, 0.29) is 6.54 Å². The summed E-state index contributed by atoms with van der Waals surface area (Å²) in [6, 6.07) is 0. The highest BCUT2D eigenvalue weighted by atomic mass is 19.4. The van der Waals surface area contributed by atoms with Gasteiger partial charge in [0.1, 0.15) is 0 Å². The monoisotopic (exact) mass is 252 g/mol. The highest BCUT2D eigenvalue weighted by Gasteiger charge is 2.28. The topological polar surface area (TPSA) is 47.3 Å². The average Bonchev–Trinajstić information content (AvgIpc) is 2.39. The molecule has 1 unspecified atom stereocenters. The molecule has 17 heavy (non-hydrogen) atoms. The van der Waals surface area contributed by atoms with E-state index in [2.05, 4.69) is 9.84 Å². The van der Waals surface area contributed by atoms with Crippen LogP contribution in [0.5, 0.6) is 0 Å². The molecule has 0 amide bonds. The maximum absolute atomic E-state index is 11.8. The zero-order valence-electron chi connectivity index (χ0n) is 9.88. The molecule has 1 aromatic rings. The van der Waals surface area contributed by atoms with Crippen LogP contribution in [-0.2, 0) is 11.3 Å². The molecule has 98 valence electrons. The van der Waals surface area contributed by atoms with Crippen molar-refractivity contribution in [3.8, 4) is 0 Å². The summed E-state index contributed by atoms with van der Waals surface area (Å²) in [6.07, 6.45) is -5.31. The Morgan fingerprint density at radius 2 is 2.00 bits per heavy atom. The van der Waals surface area contributed by atoms with E-state index in [4.69, 9.17) is 0 Å². The second kappa shape index (κ2) is 5.05. The number of rotatable bonds is 4. The molecular formula is C10H15F3N2O2. The van der Waals surface area contributed by atoms with Gasteiger partial charge >= 0.3 is 6.36 Å². The highest BCUT2D eigenvalue weighted by molar-refractivity contribution is 5.26. The molecule has 0 spiro atoms. The van der Waals surface area contributed by atoms with Gasteiger partial charge in [-0.05, 0) is 20.8 Å². The van der Waals surface area contributed by atoms with Crippen LogP contribution in [0.2, 0.25) is 0 Å². The van der Waals surface area contributed by atoms with E-state index < -0.39 is 19.1 Å². The molecule has 1 N–H and O–H groups in total. The van der Waals surface area contributed by atoms with Gasteiger partial charge in [0.2, 0.25) is 0 Å². The smallest absolute Gasteiger partial charge is 0.389 e. The molecule has 7 heteroatoms. The minimum Gasteiger partial charge on any atom is -0.389 e. The summed E-state index contributed by atoms with van der Waals surface area (Å²) in [5, 5.41) is 13.5. The quantitative estimate of drug-likeness (QED) is 0.892. The van der Waals surface area contributed by atoms with Crippen molar-refractivity contribution in [2.45, 2.75) is 39.8 Å². The van der Waals surface area contributed by atoms with Gasteiger partial charge in [-0.3, -0.25) is 9.42 Å². The van der Waals surface area contributed by atoms with Gasteiger partial charge in [-0.15, -0.1) is 13.2 Å². The normalized spacial score (nSPS) is 14.1. The molecule has 0 aliphatic rings. The van der Waals surface area contributed by atoms with Crippen LogP contribution in [0.3, 0.4) is 0 Å². The van der Waals surface area contributed by atoms with Crippen molar-refractivity contribution in [1.82, 2.24) is 9.78 Å². The maximum atomic E-state index is 11.8. The Hall–Kier alpha value is -1.08. The molecule has 0 radical (unpaired) electrons. The molecule has 1 atom stereocenters. The van der Waals surface area contributed by atoms with Gasteiger partial charge < -0.3 is 5.11 Å². The zero-order valence-corrected chi connectivity index (χ0v) is 9.88. The largest absolute Gasteiger partial charge is 0.522 e. The van der Waals surface area contributed by atoms with Crippen molar-refractivity contribution in [2.75, 3.05) is 6.61 Å². The molecule has 1 heterocycles. The van der Waals surface area contributed by atoms with E-state index >= 15 is 0 Å². The number of nitrogens with zero attached hydrogens (tertiary/aromatic N) is 2. The predicted octanol–water partition coefficient (Wildman–Crippen LogP) is 2.09. The fraction of sp³-hybridized carbons (Fsp3) is 0.700. The summed E-state index contributed by atoms with van der Waals surface area (Å²) in [4.78, 5) is 0. The number of hydrogen-bond donors (Lipinski definition) is 1. The molecule has 0 aromatic carbocycles. The third-order valence-corrected chi connectivity index (χ3v) is 2.42. The summed E-state index contributed by atoms with van der Waals surface area (Å²) in [5.74, 6) is 0. The number of aliphatic hydroxyl groups excluding tert-OH is 1. The Morgan fingerprint density at radius 1 is 1.41 bits per heavy atom. The number of aliphatic hydroxyl groups is 1. The zero-order chi connectivity index (χ0) is 13.2. The Kier molecular flexibility index (Phi) is 4.16. The van der Waals surface area contributed by atoms with E-state index in [9.17, 15) is 18.3 Å². The van der Waals surface area contributed by atoms with Crippen molar-refractivity contribution in [3.63, 3.8) is 0 Å². The molecule has 0 saturated carbocycles. The number of aromatic nitrogens is 2. The number of alkyl halides is 3. The van der Waals surface area contributed by atoms with Crippen LogP contribution in [-0.4, -0.2) is 27.9 Å². The first-order chi connectivity index (χ1) is 7.72. The first-order valence-electron chi connectivity index (χ1n) is 5.15. The minimum absolute atomic E-state index is 0.00109. The average molecular weight is 252 g/mol. The Bertz CT molecular complexity index is 386. The second-order valence-electron chi connectivity index (χ2n) is 3.78. The molecule has 0 aliphatic heterocycles. The van der Waals surface area contributed by atoms with E-state index in [0.29, 0.717) is 17.0 Å². The summed E-state index contributed by atoms with van der Waals surface area (Å²) in [5.41, 5.74) is 1.92. The lowest BCUT2D eigenvalue weighted by atomic mass is 10.1. The molecule has 0 saturated heterocycles. The standard InChI is InChI=1S/C10H15F3N2O2/c1-6-9(8(3)16)7(2)15(14-6)4-5-17-10(11,12)13/h8,16H,4-5H2,1-3H3.